The third-order valence-corrected chi connectivity index (χ3v) is 5.92. The number of fused-ring (bicyclic) bond motifs is 1. The monoisotopic (exact) mass is 389 g/mol. The molecule has 0 amide bonds. The maximum absolute atomic E-state index is 12.7. The molecule has 7 nitrogen and oxygen atoms in total. The van der Waals surface area contributed by atoms with E-state index < -0.39 is 5.60 Å². The normalized spacial score (nSPS) is 21.6. The molecule has 1 saturated heterocycles. The molecule has 1 unspecified atom stereocenters. The highest BCUT2D eigenvalue weighted by Gasteiger charge is 2.41. The number of hydrogen-bond donors (Lipinski definition) is 0. The first-order valence-corrected chi connectivity index (χ1v) is 10.0. The summed E-state index contributed by atoms with van der Waals surface area (Å²) >= 11 is 0. The Balaban J connectivity index is 1.33. The van der Waals surface area contributed by atoms with Gasteiger partial charge in [-0.05, 0) is 37.1 Å². The van der Waals surface area contributed by atoms with Crippen LogP contribution in [0.15, 0.2) is 48.8 Å². The lowest BCUT2D eigenvalue weighted by molar-refractivity contribution is 0.0323. The lowest BCUT2D eigenvalue weighted by Crippen LogP contribution is -2.43. The van der Waals surface area contributed by atoms with Gasteiger partial charge < -0.3 is 14.2 Å². The van der Waals surface area contributed by atoms with Crippen LogP contribution in [0, 0.1) is 0 Å². The molecule has 2 aliphatic heterocycles. The van der Waals surface area contributed by atoms with E-state index in [4.69, 9.17) is 4.74 Å². The zero-order valence-electron chi connectivity index (χ0n) is 16.4. The lowest BCUT2D eigenvalue weighted by Gasteiger charge is -2.37. The first-order chi connectivity index (χ1) is 14.1. The van der Waals surface area contributed by atoms with Crippen LogP contribution in [-0.2, 0) is 7.05 Å². The fourth-order valence-electron chi connectivity index (χ4n) is 4.34. The number of anilines is 1. The van der Waals surface area contributed by atoms with E-state index in [1.54, 1.807) is 6.20 Å². The molecule has 0 N–H and O–H groups in total. The van der Waals surface area contributed by atoms with Gasteiger partial charge >= 0.3 is 0 Å². The molecule has 0 bridgehead atoms. The minimum atomic E-state index is -0.416. The molecule has 29 heavy (non-hydrogen) atoms. The topological polar surface area (TPSA) is 73.1 Å². The standard InChI is InChI=1S/C22H23N5O2/c1-26-14-11-23-21(26)17-7-8-20(25-24-17)27-12-4-9-22(10-13-27)15-18(28)16-5-2-3-6-19(16)29-22/h2-3,5-8,11,14H,4,9-10,12-13,15H2,1H3. The van der Waals surface area contributed by atoms with Crippen LogP contribution in [0.2, 0.25) is 0 Å². The van der Waals surface area contributed by atoms with Crippen molar-refractivity contribution in [3.05, 3.63) is 54.4 Å². The molecule has 4 heterocycles. The van der Waals surface area contributed by atoms with E-state index in [1.165, 1.54) is 0 Å². The number of benzene rings is 1. The third kappa shape index (κ3) is 3.26. The predicted octanol–water partition coefficient (Wildman–Crippen LogP) is 3.27. The van der Waals surface area contributed by atoms with Crippen LogP contribution in [0.3, 0.4) is 0 Å². The largest absolute Gasteiger partial charge is 0.486 e. The molecule has 0 aliphatic carbocycles. The molecule has 1 atom stereocenters. The number of carbonyl (C=O) groups is 1. The maximum atomic E-state index is 12.7. The molecule has 0 saturated carbocycles. The molecular weight excluding hydrogens is 366 g/mol. The minimum Gasteiger partial charge on any atom is -0.486 e. The van der Waals surface area contributed by atoms with Gasteiger partial charge in [0.1, 0.15) is 17.0 Å². The van der Waals surface area contributed by atoms with Crippen molar-refractivity contribution in [1.29, 1.82) is 0 Å². The van der Waals surface area contributed by atoms with Crippen molar-refractivity contribution in [2.45, 2.75) is 31.3 Å². The smallest absolute Gasteiger partial charge is 0.170 e. The van der Waals surface area contributed by atoms with E-state index in [-0.39, 0.29) is 5.78 Å². The summed E-state index contributed by atoms with van der Waals surface area (Å²) in [6.07, 6.45) is 6.68. The number of ketones is 1. The van der Waals surface area contributed by atoms with Crippen LogP contribution in [-0.4, -0.2) is 44.2 Å². The van der Waals surface area contributed by atoms with Gasteiger partial charge in [-0.15, -0.1) is 10.2 Å². The quantitative estimate of drug-likeness (QED) is 0.670. The highest BCUT2D eigenvalue weighted by Crippen LogP contribution is 2.39. The van der Waals surface area contributed by atoms with Gasteiger partial charge in [0.05, 0.1) is 12.0 Å². The lowest BCUT2D eigenvalue weighted by atomic mass is 9.84. The van der Waals surface area contributed by atoms with E-state index in [0.29, 0.717) is 12.0 Å². The van der Waals surface area contributed by atoms with Crippen molar-refractivity contribution in [2.75, 3.05) is 18.0 Å². The second-order valence-electron chi connectivity index (χ2n) is 7.86. The third-order valence-electron chi connectivity index (χ3n) is 5.92. The first-order valence-electron chi connectivity index (χ1n) is 10.0. The molecule has 1 spiro atoms. The Kier molecular flexibility index (Phi) is 4.30. The number of carbonyl (C=O) groups excluding carboxylic acids is 1. The number of nitrogens with zero attached hydrogens (tertiary/aromatic N) is 5. The fourth-order valence-corrected chi connectivity index (χ4v) is 4.34. The van der Waals surface area contributed by atoms with E-state index in [9.17, 15) is 4.79 Å². The van der Waals surface area contributed by atoms with Crippen molar-refractivity contribution >= 4 is 11.6 Å². The number of aromatic nitrogens is 4. The van der Waals surface area contributed by atoms with E-state index in [1.807, 2.05) is 54.2 Å². The first kappa shape index (κ1) is 17.8. The Labute approximate surface area is 169 Å². The molecule has 2 aromatic heterocycles. The summed E-state index contributed by atoms with van der Waals surface area (Å²) in [4.78, 5) is 19.2. The number of Topliss-reactive ketones (excluding diaryl/α,β-unsaturated/α-hetero) is 1. The highest BCUT2D eigenvalue weighted by atomic mass is 16.5. The van der Waals surface area contributed by atoms with Crippen LogP contribution in [0.4, 0.5) is 5.82 Å². The molecule has 1 aromatic carbocycles. The summed E-state index contributed by atoms with van der Waals surface area (Å²) in [5, 5.41) is 8.81. The summed E-state index contributed by atoms with van der Waals surface area (Å²) in [6, 6.07) is 11.5. The summed E-state index contributed by atoms with van der Waals surface area (Å²) in [5.41, 5.74) is 1.04. The fraction of sp³-hybridized carbons (Fsp3) is 0.364. The summed E-state index contributed by atoms with van der Waals surface area (Å²) in [5.74, 6) is 2.55. The van der Waals surface area contributed by atoms with Crippen LogP contribution >= 0.6 is 0 Å². The maximum Gasteiger partial charge on any atom is 0.170 e. The van der Waals surface area contributed by atoms with Crippen LogP contribution in [0.25, 0.3) is 11.5 Å². The number of ether oxygens (including phenoxy) is 1. The molecular formula is C22H23N5O2. The Morgan fingerprint density at radius 3 is 2.76 bits per heavy atom. The molecule has 0 radical (unpaired) electrons. The van der Waals surface area contributed by atoms with Crippen molar-refractivity contribution < 1.29 is 9.53 Å². The Hall–Kier alpha value is -3.22. The number of aryl methyl sites for hydroxylation is 1. The van der Waals surface area contributed by atoms with E-state index in [2.05, 4.69) is 20.1 Å². The molecule has 1 fully saturated rings. The molecule has 148 valence electrons. The van der Waals surface area contributed by atoms with E-state index in [0.717, 1.165) is 55.4 Å². The van der Waals surface area contributed by atoms with Gasteiger partial charge in [-0.25, -0.2) is 4.98 Å². The van der Waals surface area contributed by atoms with Gasteiger partial charge in [0, 0.05) is 39.0 Å². The highest BCUT2D eigenvalue weighted by molar-refractivity contribution is 6.00. The zero-order valence-corrected chi connectivity index (χ0v) is 16.4. The van der Waals surface area contributed by atoms with Gasteiger partial charge in [-0.2, -0.15) is 0 Å². The van der Waals surface area contributed by atoms with Gasteiger partial charge in [-0.1, -0.05) is 12.1 Å². The average molecular weight is 389 g/mol. The predicted molar refractivity (Wildman–Crippen MR) is 109 cm³/mol. The second-order valence-corrected chi connectivity index (χ2v) is 7.86. The Morgan fingerprint density at radius 1 is 1.07 bits per heavy atom. The van der Waals surface area contributed by atoms with Gasteiger partial charge in [0.15, 0.2) is 17.4 Å². The number of hydrogen-bond acceptors (Lipinski definition) is 6. The van der Waals surface area contributed by atoms with Gasteiger partial charge in [0.25, 0.3) is 0 Å². The van der Waals surface area contributed by atoms with Crippen molar-refractivity contribution in [1.82, 2.24) is 19.7 Å². The molecule has 5 rings (SSSR count). The zero-order chi connectivity index (χ0) is 19.8. The minimum absolute atomic E-state index is 0.180. The van der Waals surface area contributed by atoms with Gasteiger partial charge in [-0.3, -0.25) is 4.79 Å². The Morgan fingerprint density at radius 2 is 1.97 bits per heavy atom. The van der Waals surface area contributed by atoms with Crippen molar-refractivity contribution in [3.63, 3.8) is 0 Å². The number of para-hydroxylation sites is 1. The Bertz CT molecular complexity index is 1050. The molecule has 2 aliphatic rings. The second kappa shape index (κ2) is 6.99. The van der Waals surface area contributed by atoms with Crippen molar-refractivity contribution in [2.24, 2.45) is 7.05 Å². The van der Waals surface area contributed by atoms with Crippen LogP contribution in [0.1, 0.15) is 36.0 Å². The molecule has 7 heteroatoms. The van der Waals surface area contributed by atoms with Crippen LogP contribution in [0.5, 0.6) is 5.75 Å². The SMILES string of the molecule is Cn1ccnc1-c1ccc(N2CCCC3(CC2)CC(=O)c2ccccc2O3)nn1. The summed E-state index contributed by atoms with van der Waals surface area (Å²) < 4.78 is 8.31. The summed E-state index contributed by atoms with van der Waals surface area (Å²) in [7, 11) is 1.94. The van der Waals surface area contributed by atoms with Gasteiger partial charge in [0.2, 0.25) is 0 Å². The van der Waals surface area contributed by atoms with E-state index >= 15 is 0 Å². The number of rotatable bonds is 2. The summed E-state index contributed by atoms with van der Waals surface area (Å²) in [6.45, 7) is 1.66. The average Bonchev–Trinajstić information content (AvgIpc) is 3.06. The number of imidazole rings is 1. The van der Waals surface area contributed by atoms with Crippen LogP contribution < -0.4 is 9.64 Å². The van der Waals surface area contributed by atoms with Crippen molar-refractivity contribution in [3.8, 4) is 17.3 Å². The molecule has 3 aromatic rings.